The minimum Gasteiger partial charge on any atom is -0.369 e. The molecular formula is C23H36N6O3. The van der Waals surface area contributed by atoms with Crippen LogP contribution in [0.2, 0.25) is 0 Å². The maximum absolute atomic E-state index is 13.1. The van der Waals surface area contributed by atoms with E-state index >= 15 is 0 Å². The number of aromatic nitrogens is 2. The Hall–Kier alpha value is -1.97. The van der Waals surface area contributed by atoms with Crippen molar-refractivity contribution in [3.05, 3.63) is 12.4 Å². The summed E-state index contributed by atoms with van der Waals surface area (Å²) < 4.78 is 11.6. The van der Waals surface area contributed by atoms with E-state index in [4.69, 9.17) is 9.47 Å². The van der Waals surface area contributed by atoms with E-state index < -0.39 is 5.79 Å². The molecule has 5 heterocycles. The highest BCUT2D eigenvalue weighted by molar-refractivity contribution is 5.79. The number of likely N-dealkylation sites (tertiary alicyclic amines) is 1. The first-order valence-electron chi connectivity index (χ1n) is 12.3. The Bertz CT molecular complexity index is 758. The van der Waals surface area contributed by atoms with Gasteiger partial charge in [0.15, 0.2) is 5.79 Å². The van der Waals surface area contributed by atoms with Crippen molar-refractivity contribution in [1.82, 2.24) is 19.8 Å². The highest BCUT2D eigenvalue weighted by atomic mass is 16.7. The van der Waals surface area contributed by atoms with Crippen molar-refractivity contribution in [3.8, 4) is 0 Å². The Morgan fingerprint density at radius 3 is 2.16 bits per heavy atom. The Balaban J connectivity index is 1.10. The third-order valence-electron chi connectivity index (χ3n) is 7.59. The van der Waals surface area contributed by atoms with Crippen molar-refractivity contribution < 1.29 is 14.3 Å². The normalized spacial score (nSPS) is 25.0. The molecule has 0 aliphatic carbocycles. The number of carbonyl (C=O) groups is 1. The van der Waals surface area contributed by atoms with E-state index in [1.807, 2.05) is 17.3 Å². The maximum Gasteiger partial charge on any atom is 0.225 e. The molecule has 32 heavy (non-hydrogen) atoms. The number of piperidine rings is 2. The van der Waals surface area contributed by atoms with Gasteiger partial charge in [0, 0.05) is 71.1 Å². The smallest absolute Gasteiger partial charge is 0.225 e. The molecule has 1 spiro atoms. The van der Waals surface area contributed by atoms with Crippen LogP contribution in [0.1, 0.15) is 32.6 Å². The summed E-state index contributed by atoms with van der Waals surface area (Å²) in [4.78, 5) is 31.4. The zero-order valence-corrected chi connectivity index (χ0v) is 19.2. The third-order valence-corrected chi connectivity index (χ3v) is 7.59. The number of carbonyl (C=O) groups excluding carboxylic acids is 1. The summed E-state index contributed by atoms with van der Waals surface area (Å²) in [6.45, 7) is 12.0. The largest absolute Gasteiger partial charge is 0.369 e. The highest BCUT2D eigenvalue weighted by Crippen LogP contribution is 2.33. The minimum absolute atomic E-state index is 0.112. The van der Waals surface area contributed by atoms with E-state index in [-0.39, 0.29) is 5.92 Å². The summed E-state index contributed by atoms with van der Waals surface area (Å²) in [5.41, 5.74) is 1.06. The number of rotatable bonds is 4. The number of amides is 1. The van der Waals surface area contributed by atoms with E-state index in [9.17, 15) is 4.79 Å². The summed E-state index contributed by atoms with van der Waals surface area (Å²) >= 11 is 0. The molecule has 0 N–H and O–H groups in total. The lowest BCUT2D eigenvalue weighted by Crippen LogP contribution is -2.50. The van der Waals surface area contributed by atoms with Crippen LogP contribution in [-0.4, -0.2) is 104 Å². The van der Waals surface area contributed by atoms with Gasteiger partial charge in [0.2, 0.25) is 11.9 Å². The molecule has 176 valence electrons. The van der Waals surface area contributed by atoms with Crippen molar-refractivity contribution in [2.45, 2.75) is 38.4 Å². The van der Waals surface area contributed by atoms with Crippen molar-refractivity contribution in [2.75, 3.05) is 81.9 Å². The van der Waals surface area contributed by atoms with Gasteiger partial charge in [-0.05, 0) is 19.4 Å². The van der Waals surface area contributed by atoms with Gasteiger partial charge in [0.25, 0.3) is 0 Å². The Morgan fingerprint density at radius 2 is 1.56 bits per heavy atom. The standard InChI is InChI=1S/C23H36N6O3/c1-2-26-11-13-29(14-12-26)22-24-17-20(18-25-22)27-7-3-19(4-8-27)21(30)28-9-5-23(6-10-28)31-15-16-32-23/h17-19H,2-16H2,1H3. The summed E-state index contributed by atoms with van der Waals surface area (Å²) in [6, 6.07) is 0. The first kappa shape index (κ1) is 21.9. The molecule has 0 atom stereocenters. The van der Waals surface area contributed by atoms with Gasteiger partial charge >= 0.3 is 0 Å². The van der Waals surface area contributed by atoms with Gasteiger partial charge < -0.3 is 29.1 Å². The second kappa shape index (κ2) is 9.49. The van der Waals surface area contributed by atoms with Crippen LogP contribution in [-0.2, 0) is 14.3 Å². The average Bonchev–Trinajstić information content (AvgIpc) is 3.32. The molecule has 9 nitrogen and oxygen atoms in total. The molecule has 9 heteroatoms. The maximum atomic E-state index is 13.1. The molecular weight excluding hydrogens is 408 g/mol. The van der Waals surface area contributed by atoms with Crippen LogP contribution in [0.25, 0.3) is 0 Å². The highest BCUT2D eigenvalue weighted by Gasteiger charge is 2.42. The van der Waals surface area contributed by atoms with Crippen LogP contribution in [0.15, 0.2) is 12.4 Å². The zero-order chi connectivity index (χ0) is 22.0. The number of hydrogen-bond donors (Lipinski definition) is 0. The van der Waals surface area contributed by atoms with Crippen LogP contribution in [0.3, 0.4) is 0 Å². The van der Waals surface area contributed by atoms with Gasteiger partial charge in [-0.2, -0.15) is 0 Å². The number of nitrogens with zero attached hydrogens (tertiary/aromatic N) is 6. The fourth-order valence-corrected chi connectivity index (χ4v) is 5.40. The van der Waals surface area contributed by atoms with Crippen LogP contribution < -0.4 is 9.80 Å². The monoisotopic (exact) mass is 444 g/mol. The topological polar surface area (TPSA) is 74.3 Å². The summed E-state index contributed by atoms with van der Waals surface area (Å²) in [7, 11) is 0. The Labute approximate surface area is 190 Å². The summed E-state index contributed by atoms with van der Waals surface area (Å²) in [5, 5.41) is 0. The molecule has 4 aliphatic rings. The molecule has 0 unspecified atom stereocenters. The molecule has 1 aromatic heterocycles. The van der Waals surface area contributed by atoms with E-state index in [2.05, 4.69) is 31.6 Å². The lowest BCUT2D eigenvalue weighted by Gasteiger charge is -2.40. The Kier molecular flexibility index (Phi) is 6.48. The molecule has 4 fully saturated rings. The predicted octanol–water partition coefficient (Wildman–Crippen LogP) is 1.20. The molecule has 0 bridgehead atoms. The van der Waals surface area contributed by atoms with Gasteiger partial charge in [-0.25, -0.2) is 9.97 Å². The van der Waals surface area contributed by atoms with Crippen LogP contribution in [0, 0.1) is 5.92 Å². The van der Waals surface area contributed by atoms with E-state index in [0.717, 1.165) is 96.2 Å². The lowest BCUT2D eigenvalue weighted by atomic mass is 9.93. The molecule has 0 radical (unpaired) electrons. The van der Waals surface area contributed by atoms with Crippen LogP contribution >= 0.6 is 0 Å². The second-order valence-corrected chi connectivity index (χ2v) is 9.36. The Morgan fingerprint density at radius 1 is 0.938 bits per heavy atom. The lowest BCUT2D eigenvalue weighted by molar-refractivity contribution is -0.188. The van der Waals surface area contributed by atoms with Gasteiger partial charge in [-0.3, -0.25) is 4.79 Å². The van der Waals surface area contributed by atoms with Gasteiger partial charge in [-0.15, -0.1) is 0 Å². The van der Waals surface area contributed by atoms with Crippen molar-refractivity contribution in [3.63, 3.8) is 0 Å². The van der Waals surface area contributed by atoms with E-state index in [0.29, 0.717) is 19.1 Å². The zero-order valence-electron chi connectivity index (χ0n) is 19.2. The number of piperazine rings is 1. The third kappa shape index (κ3) is 4.56. The molecule has 5 rings (SSSR count). The number of ether oxygens (including phenoxy) is 2. The van der Waals surface area contributed by atoms with Gasteiger partial charge in [0.05, 0.1) is 31.3 Å². The first-order chi connectivity index (χ1) is 15.7. The second-order valence-electron chi connectivity index (χ2n) is 9.36. The van der Waals surface area contributed by atoms with Gasteiger partial charge in [0.1, 0.15) is 0 Å². The fourth-order valence-electron chi connectivity index (χ4n) is 5.40. The molecule has 1 amide bonds. The SMILES string of the molecule is CCN1CCN(c2ncc(N3CCC(C(=O)N4CCC5(CC4)OCCO5)CC3)cn2)CC1. The minimum atomic E-state index is -0.421. The number of likely N-dealkylation sites (N-methyl/N-ethyl adjacent to an activating group) is 1. The summed E-state index contributed by atoms with van der Waals surface area (Å²) in [5.74, 6) is 0.819. The van der Waals surface area contributed by atoms with Crippen LogP contribution in [0.4, 0.5) is 11.6 Å². The van der Waals surface area contributed by atoms with Crippen molar-refractivity contribution >= 4 is 17.5 Å². The first-order valence-corrected chi connectivity index (χ1v) is 12.3. The predicted molar refractivity (Wildman–Crippen MR) is 122 cm³/mol. The molecule has 1 aromatic rings. The quantitative estimate of drug-likeness (QED) is 0.686. The molecule has 4 aliphatic heterocycles. The van der Waals surface area contributed by atoms with Crippen LogP contribution in [0.5, 0.6) is 0 Å². The number of anilines is 2. The van der Waals surface area contributed by atoms with Crippen molar-refractivity contribution in [1.29, 1.82) is 0 Å². The molecule has 0 saturated carbocycles. The van der Waals surface area contributed by atoms with E-state index in [1.54, 1.807) is 0 Å². The fraction of sp³-hybridized carbons (Fsp3) is 0.783. The average molecular weight is 445 g/mol. The number of hydrogen-bond acceptors (Lipinski definition) is 8. The summed E-state index contributed by atoms with van der Waals surface area (Å²) in [6.07, 6.45) is 7.23. The van der Waals surface area contributed by atoms with Gasteiger partial charge in [-0.1, -0.05) is 6.92 Å². The van der Waals surface area contributed by atoms with Crippen molar-refractivity contribution in [2.24, 2.45) is 5.92 Å². The van der Waals surface area contributed by atoms with E-state index in [1.165, 1.54) is 0 Å². The molecule has 4 saturated heterocycles. The molecule has 0 aromatic carbocycles.